The van der Waals surface area contributed by atoms with Gasteiger partial charge in [-0.1, -0.05) is 24.6 Å². The van der Waals surface area contributed by atoms with Crippen LogP contribution in [0.1, 0.15) is 73.0 Å². The molecule has 4 aliphatic heterocycles. The summed E-state index contributed by atoms with van der Waals surface area (Å²) in [6.45, 7) is 5.55. The highest BCUT2D eigenvalue weighted by atomic mass is 35.5. The topological polar surface area (TPSA) is 117 Å². The molecule has 2 amide bonds. The minimum Gasteiger partial charge on any atom is -0.487 e. The number of allylic oxidation sites excluding steroid dienone is 1. The van der Waals surface area contributed by atoms with Crippen molar-refractivity contribution in [3.05, 3.63) is 88.0 Å². The van der Waals surface area contributed by atoms with Crippen LogP contribution in [-0.4, -0.2) is 84.3 Å². The van der Waals surface area contributed by atoms with E-state index in [1.165, 1.54) is 13.0 Å². The van der Waals surface area contributed by atoms with Crippen LogP contribution in [0.15, 0.2) is 60.7 Å². The molecule has 1 aromatic heterocycles. The number of aromatic nitrogens is 2. The van der Waals surface area contributed by atoms with Gasteiger partial charge in [-0.2, -0.15) is 5.10 Å². The van der Waals surface area contributed by atoms with Crippen molar-refractivity contribution in [3.63, 3.8) is 0 Å². The second-order valence-corrected chi connectivity index (χ2v) is 17.2. The summed E-state index contributed by atoms with van der Waals surface area (Å²) in [5.74, 6) is -1.80. The molecule has 52 heavy (non-hydrogen) atoms. The third kappa shape index (κ3) is 6.82. The highest BCUT2D eigenvalue weighted by Crippen LogP contribution is 2.49. The van der Waals surface area contributed by atoms with E-state index in [0.29, 0.717) is 62.0 Å². The number of fused-ring (bicyclic) bond motifs is 1. The van der Waals surface area contributed by atoms with Crippen LogP contribution in [0.3, 0.4) is 0 Å². The van der Waals surface area contributed by atoms with Gasteiger partial charge in [-0.3, -0.25) is 19.2 Å². The first kappa shape index (κ1) is 36.4. The molecular weight excluding hydrogens is 707 g/mol. The van der Waals surface area contributed by atoms with Crippen molar-refractivity contribution in [1.82, 2.24) is 24.3 Å². The lowest BCUT2D eigenvalue weighted by Crippen LogP contribution is -2.58. The molecule has 0 saturated carbocycles. The summed E-state index contributed by atoms with van der Waals surface area (Å²) in [6, 6.07) is 9.49. The molecule has 4 aliphatic rings. The Hall–Kier alpha value is -3.94. The molecule has 2 aromatic carbocycles. The molecule has 11 nitrogen and oxygen atoms in total. The predicted octanol–water partition coefficient (Wildman–Crippen LogP) is 5.43. The standard InChI is InChI=1S/C38H46ClFN6O5S/c1-25-9-11-32(40)35(37(48)43(3)18-19-45-16-7-14-41-45)46-17-6-13-38(46)24-44-15-5-4-8-27-20-29(39)22-31(38)30(27)23-51-34-12-10-28(21-33(34)44)36(47)42-52(49,50)26(25)2/h7,10-12,14,16,20-22,25-26,35H,4-6,8-9,13,15,17-19,23-24H2,1-3H3,(H,42,47)/b32-11-/t25-,26+,35+,38-/m0/s1. The maximum atomic E-state index is 17.2. The summed E-state index contributed by atoms with van der Waals surface area (Å²) in [5.41, 5.74) is 2.92. The van der Waals surface area contributed by atoms with Gasteiger partial charge in [0, 0.05) is 56.2 Å². The molecule has 4 atom stereocenters. The molecular formula is C38H46ClFN6O5S. The monoisotopic (exact) mass is 752 g/mol. The summed E-state index contributed by atoms with van der Waals surface area (Å²) >= 11 is 6.91. The van der Waals surface area contributed by atoms with E-state index in [4.69, 9.17) is 16.3 Å². The SMILES string of the molecule is C[C@@H]1[C@@H](C)C/C=C(\F)[C@H](C(=O)N(C)CCn2cccn2)N2CCC[C@@]23CN2CCCCc4cc(Cl)cc3c4COc3ccc(cc32)C(=O)NS1(=O)=O. The van der Waals surface area contributed by atoms with E-state index >= 15 is 4.39 Å². The minimum atomic E-state index is -4.14. The molecule has 278 valence electrons. The zero-order valence-corrected chi connectivity index (χ0v) is 31.4. The van der Waals surface area contributed by atoms with Gasteiger partial charge in [0.25, 0.3) is 5.91 Å². The van der Waals surface area contributed by atoms with Crippen molar-refractivity contribution in [2.75, 3.05) is 38.1 Å². The number of hydrogen-bond donors (Lipinski definition) is 1. The zero-order chi connectivity index (χ0) is 36.8. The number of nitrogens with zero attached hydrogens (tertiary/aromatic N) is 5. The fourth-order valence-corrected chi connectivity index (χ4v) is 9.84. The molecule has 7 rings (SSSR count). The second kappa shape index (κ2) is 14.5. The Kier molecular flexibility index (Phi) is 10.1. The number of carbonyl (C=O) groups is 2. The molecule has 5 heterocycles. The molecule has 0 unspecified atom stereocenters. The van der Waals surface area contributed by atoms with Crippen molar-refractivity contribution in [3.8, 4) is 5.75 Å². The Balaban J connectivity index is 1.45. The van der Waals surface area contributed by atoms with Crippen LogP contribution < -0.4 is 14.4 Å². The number of hydrogen-bond acceptors (Lipinski definition) is 8. The third-order valence-electron chi connectivity index (χ3n) is 11.5. The first-order valence-corrected chi connectivity index (χ1v) is 20.0. The highest BCUT2D eigenvalue weighted by molar-refractivity contribution is 7.90. The average Bonchev–Trinajstić information content (AvgIpc) is 3.80. The zero-order valence-electron chi connectivity index (χ0n) is 29.9. The number of halogens is 2. The maximum Gasteiger partial charge on any atom is 0.264 e. The van der Waals surface area contributed by atoms with Gasteiger partial charge in [-0.25, -0.2) is 17.5 Å². The lowest BCUT2D eigenvalue weighted by Gasteiger charge is -2.47. The predicted molar refractivity (Wildman–Crippen MR) is 197 cm³/mol. The molecule has 14 heteroatoms. The van der Waals surface area contributed by atoms with Gasteiger partial charge in [-0.05, 0) is 104 Å². The first-order valence-electron chi connectivity index (χ1n) is 18.1. The van der Waals surface area contributed by atoms with Crippen LogP contribution in [-0.2, 0) is 39.9 Å². The van der Waals surface area contributed by atoms with Crippen molar-refractivity contribution in [1.29, 1.82) is 0 Å². The Morgan fingerprint density at radius 2 is 2.00 bits per heavy atom. The van der Waals surface area contributed by atoms with E-state index in [-0.39, 0.29) is 18.6 Å². The molecule has 0 radical (unpaired) electrons. The second-order valence-electron chi connectivity index (χ2n) is 14.7. The number of nitrogens with one attached hydrogen (secondary N) is 1. The average molecular weight is 753 g/mol. The van der Waals surface area contributed by atoms with Crippen molar-refractivity contribution in [2.24, 2.45) is 5.92 Å². The summed E-state index contributed by atoms with van der Waals surface area (Å²) in [7, 11) is -2.46. The first-order chi connectivity index (χ1) is 24.9. The lowest BCUT2D eigenvalue weighted by molar-refractivity contribution is -0.137. The number of ether oxygens (including phenoxy) is 1. The summed E-state index contributed by atoms with van der Waals surface area (Å²) in [4.78, 5) is 34.1. The largest absolute Gasteiger partial charge is 0.487 e. The fourth-order valence-electron chi connectivity index (χ4n) is 8.31. The number of carbonyl (C=O) groups excluding carboxylic acids is 2. The van der Waals surface area contributed by atoms with Crippen molar-refractivity contribution >= 4 is 39.1 Å². The molecule has 1 saturated heterocycles. The Bertz CT molecular complexity index is 1990. The van der Waals surface area contributed by atoms with Crippen LogP contribution in [0.5, 0.6) is 5.75 Å². The Morgan fingerprint density at radius 1 is 1.17 bits per heavy atom. The third-order valence-corrected chi connectivity index (χ3v) is 13.6. The van der Waals surface area contributed by atoms with Gasteiger partial charge in [0.1, 0.15) is 24.2 Å². The summed E-state index contributed by atoms with van der Waals surface area (Å²) in [5, 5.41) is 3.81. The Labute approximate surface area is 309 Å². The van der Waals surface area contributed by atoms with E-state index in [9.17, 15) is 18.0 Å². The van der Waals surface area contributed by atoms with Gasteiger partial charge in [0.05, 0.1) is 23.0 Å². The number of anilines is 1. The van der Waals surface area contributed by atoms with Gasteiger partial charge < -0.3 is 14.5 Å². The van der Waals surface area contributed by atoms with Gasteiger partial charge in [-0.15, -0.1) is 0 Å². The molecule has 1 spiro atoms. The molecule has 1 fully saturated rings. The number of likely N-dealkylation sites (N-methyl/N-ethyl adjacent to an activating group) is 1. The molecule has 7 bridgehead atoms. The quantitative estimate of drug-likeness (QED) is 0.375. The number of rotatable bonds is 4. The van der Waals surface area contributed by atoms with E-state index in [1.807, 2.05) is 29.3 Å². The molecule has 0 aliphatic carbocycles. The van der Waals surface area contributed by atoms with Crippen LogP contribution in [0.25, 0.3) is 0 Å². The van der Waals surface area contributed by atoms with Gasteiger partial charge in [0.15, 0.2) is 0 Å². The number of benzene rings is 2. The molecule has 1 N–H and O–H groups in total. The summed E-state index contributed by atoms with van der Waals surface area (Å²) in [6.07, 6.45) is 8.68. The van der Waals surface area contributed by atoms with Crippen LogP contribution >= 0.6 is 11.6 Å². The fraction of sp³-hybridized carbons (Fsp3) is 0.500. The smallest absolute Gasteiger partial charge is 0.264 e. The number of sulfonamides is 1. The molecule has 3 aromatic rings. The van der Waals surface area contributed by atoms with E-state index < -0.39 is 50.4 Å². The van der Waals surface area contributed by atoms with Crippen molar-refractivity contribution < 1.29 is 27.1 Å². The van der Waals surface area contributed by atoms with Crippen LogP contribution in [0.4, 0.5) is 10.1 Å². The Morgan fingerprint density at radius 3 is 2.79 bits per heavy atom. The van der Waals surface area contributed by atoms with Gasteiger partial charge >= 0.3 is 0 Å². The normalized spacial score (nSPS) is 27.2. The van der Waals surface area contributed by atoms with Crippen molar-refractivity contribution in [2.45, 2.75) is 82.4 Å². The minimum absolute atomic E-state index is 0.0368. The van der Waals surface area contributed by atoms with E-state index in [0.717, 1.165) is 36.0 Å². The maximum absolute atomic E-state index is 17.2. The van der Waals surface area contributed by atoms with E-state index in [2.05, 4.69) is 14.7 Å². The number of amides is 2. The highest BCUT2D eigenvalue weighted by Gasteiger charge is 2.52. The summed E-state index contributed by atoms with van der Waals surface area (Å²) < 4.78 is 54.8. The van der Waals surface area contributed by atoms with E-state index in [1.54, 1.807) is 47.9 Å². The lowest BCUT2D eigenvalue weighted by atomic mass is 9.79. The van der Waals surface area contributed by atoms with Crippen LogP contribution in [0, 0.1) is 5.92 Å². The number of aryl methyl sites for hydroxylation is 1. The van der Waals surface area contributed by atoms with Crippen LogP contribution in [0.2, 0.25) is 5.02 Å². The van der Waals surface area contributed by atoms with Gasteiger partial charge in [0.2, 0.25) is 15.9 Å².